The largest absolute Gasteiger partial charge is 0.497 e. The van der Waals surface area contributed by atoms with Gasteiger partial charge in [0.2, 0.25) is 11.0 Å². The smallest absolute Gasteiger partial charge is 0.230 e. The number of thioether (sulfide) groups is 1. The van der Waals surface area contributed by atoms with Crippen molar-refractivity contribution in [1.82, 2.24) is 15.5 Å². The lowest BCUT2D eigenvalue weighted by atomic mass is 10.1. The van der Waals surface area contributed by atoms with Crippen molar-refractivity contribution in [3.63, 3.8) is 0 Å². The number of nitrogens with one attached hydrogen (secondary N) is 2. The van der Waals surface area contributed by atoms with Gasteiger partial charge in [-0.2, -0.15) is 0 Å². The minimum Gasteiger partial charge on any atom is -0.497 e. The maximum absolute atomic E-state index is 12.0. The number of aromatic nitrogens is 2. The summed E-state index contributed by atoms with van der Waals surface area (Å²) in [6, 6.07) is 15.2. The molecule has 6 nitrogen and oxygen atoms in total. The van der Waals surface area contributed by atoms with Gasteiger partial charge in [-0.25, -0.2) is 0 Å². The highest BCUT2D eigenvalue weighted by Crippen LogP contribution is 2.28. The number of nitrogens with zero attached hydrogens (tertiary/aromatic N) is 2. The molecule has 3 aromatic rings. The van der Waals surface area contributed by atoms with Crippen LogP contribution in [0.15, 0.2) is 52.9 Å². The number of hydrogen-bond donors (Lipinski definition) is 2. The van der Waals surface area contributed by atoms with Gasteiger partial charge in [-0.1, -0.05) is 52.9 Å². The van der Waals surface area contributed by atoms with E-state index in [1.165, 1.54) is 23.1 Å². The van der Waals surface area contributed by atoms with E-state index >= 15 is 0 Å². The topological polar surface area (TPSA) is 76.1 Å². The first-order valence-electron chi connectivity index (χ1n) is 8.51. The molecule has 1 aromatic heterocycles. The summed E-state index contributed by atoms with van der Waals surface area (Å²) in [5.74, 6) is 1.03. The van der Waals surface area contributed by atoms with E-state index in [9.17, 15) is 4.79 Å². The normalized spacial score (nSPS) is 10.5. The maximum Gasteiger partial charge on any atom is 0.230 e. The molecule has 0 aliphatic carbocycles. The molecule has 2 aromatic carbocycles. The maximum atomic E-state index is 12.0. The van der Waals surface area contributed by atoms with Crippen molar-refractivity contribution in [3.05, 3.63) is 59.1 Å². The van der Waals surface area contributed by atoms with E-state index in [0.29, 0.717) is 22.5 Å². The Kier molecular flexibility index (Phi) is 7.53. The van der Waals surface area contributed by atoms with Gasteiger partial charge in [0.05, 0.1) is 12.9 Å². The molecule has 0 fully saturated rings. The summed E-state index contributed by atoms with van der Waals surface area (Å²) in [7, 11) is 1.62. The lowest BCUT2D eigenvalue weighted by Gasteiger charge is -2.05. The zero-order valence-corrected chi connectivity index (χ0v) is 17.5. The molecule has 3 rings (SSSR count). The van der Waals surface area contributed by atoms with Crippen LogP contribution in [0, 0.1) is 0 Å². The second-order valence-electron chi connectivity index (χ2n) is 5.75. The summed E-state index contributed by atoms with van der Waals surface area (Å²) in [6.45, 7) is 0.583. The van der Waals surface area contributed by atoms with Crippen molar-refractivity contribution in [2.75, 3.05) is 24.7 Å². The average molecular weight is 435 g/mol. The number of carbonyl (C=O) groups is 1. The van der Waals surface area contributed by atoms with Crippen LogP contribution in [-0.4, -0.2) is 35.5 Å². The average Bonchev–Trinajstić information content (AvgIpc) is 3.15. The number of halogens is 1. The van der Waals surface area contributed by atoms with E-state index < -0.39 is 0 Å². The Balaban J connectivity index is 1.41. The molecule has 146 valence electrons. The summed E-state index contributed by atoms with van der Waals surface area (Å²) in [4.78, 5) is 12.0. The van der Waals surface area contributed by atoms with E-state index in [1.807, 2.05) is 48.5 Å². The van der Waals surface area contributed by atoms with Crippen molar-refractivity contribution in [2.24, 2.45) is 0 Å². The molecular weight excluding hydrogens is 416 g/mol. The monoisotopic (exact) mass is 434 g/mol. The van der Waals surface area contributed by atoms with Crippen molar-refractivity contribution in [2.45, 2.75) is 10.8 Å². The number of rotatable bonds is 9. The molecule has 28 heavy (non-hydrogen) atoms. The van der Waals surface area contributed by atoms with Crippen LogP contribution in [0.25, 0.3) is 0 Å². The quantitative estimate of drug-likeness (QED) is 0.486. The highest BCUT2D eigenvalue weighted by atomic mass is 35.5. The second-order valence-corrected chi connectivity index (χ2v) is 8.38. The number of methoxy groups -OCH3 is 1. The first kappa shape index (κ1) is 20.4. The van der Waals surface area contributed by atoms with Crippen LogP contribution in [0.1, 0.15) is 5.56 Å². The molecule has 0 saturated carbocycles. The summed E-state index contributed by atoms with van der Waals surface area (Å²) in [5.41, 5.74) is 2.00. The highest BCUT2D eigenvalue weighted by molar-refractivity contribution is 8.01. The molecule has 9 heteroatoms. The molecule has 2 N–H and O–H groups in total. The molecule has 0 atom stereocenters. The first-order valence-corrected chi connectivity index (χ1v) is 10.7. The Morgan fingerprint density at radius 3 is 2.82 bits per heavy atom. The fraction of sp³-hybridized carbons (Fsp3) is 0.211. The van der Waals surface area contributed by atoms with Crippen molar-refractivity contribution >= 4 is 51.4 Å². The molecule has 0 aliphatic heterocycles. The fourth-order valence-electron chi connectivity index (χ4n) is 2.32. The molecular formula is C19H19ClN4O2S2. The summed E-state index contributed by atoms with van der Waals surface area (Å²) in [5, 5.41) is 15.7. The molecule has 0 radical (unpaired) electrons. The van der Waals surface area contributed by atoms with Crippen molar-refractivity contribution in [1.29, 1.82) is 0 Å². The van der Waals surface area contributed by atoms with Crippen LogP contribution in [-0.2, 0) is 11.2 Å². The zero-order chi connectivity index (χ0) is 19.8. The number of anilines is 2. The summed E-state index contributed by atoms with van der Waals surface area (Å²) >= 11 is 8.63. The molecule has 0 spiro atoms. The summed E-state index contributed by atoms with van der Waals surface area (Å²) in [6.07, 6.45) is 0.765. The molecule has 1 heterocycles. The van der Waals surface area contributed by atoms with Crippen molar-refractivity contribution in [3.8, 4) is 5.75 Å². The third-order valence-corrected chi connectivity index (χ3v) is 5.93. The van der Waals surface area contributed by atoms with Crippen LogP contribution in [0.5, 0.6) is 5.75 Å². The van der Waals surface area contributed by atoms with E-state index in [-0.39, 0.29) is 5.91 Å². The third kappa shape index (κ3) is 6.40. The Hall–Kier alpha value is -2.29. The van der Waals surface area contributed by atoms with Crippen LogP contribution < -0.4 is 15.4 Å². The lowest BCUT2D eigenvalue weighted by Crippen LogP contribution is -2.27. The van der Waals surface area contributed by atoms with Gasteiger partial charge in [0, 0.05) is 23.3 Å². The minimum absolute atomic E-state index is 0.0310. The number of hydrogen-bond acceptors (Lipinski definition) is 7. The fourth-order valence-corrected chi connectivity index (χ4v) is 4.05. The van der Waals surface area contributed by atoms with Crippen LogP contribution in [0.2, 0.25) is 5.02 Å². The molecule has 0 aliphatic rings. The van der Waals surface area contributed by atoms with E-state index in [1.54, 1.807) is 7.11 Å². The molecule has 0 unspecified atom stereocenters. The zero-order valence-electron chi connectivity index (χ0n) is 15.1. The van der Waals surface area contributed by atoms with Crippen LogP contribution >= 0.6 is 34.7 Å². The van der Waals surface area contributed by atoms with E-state index in [2.05, 4.69) is 20.8 Å². The lowest BCUT2D eigenvalue weighted by molar-refractivity contribution is -0.118. The predicted octanol–water partition coefficient (Wildman–Crippen LogP) is 4.39. The second kappa shape index (κ2) is 10.3. The van der Waals surface area contributed by atoms with Gasteiger partial charge >= 0.3 is 0 Å². The van der Waals surface area contributed by atoms with E-state index in [0.717, 1.165) is 27.8 Å². The van der Waals surface area contributed by atoms with Crippen LogP contribution in [0.3, 0.4) is 0 Å². The van der Waals surface area contributed by atoms with Gasteiger partial charge in [0.25, 0.3) is 0 Å². The molecule has 0 saturated heterocycles. The van der Waals surface area contributed by atoms with Crippen molar-refractivity contribution < 1.29 is 9.53 Å². The Labute approximate surface area is 176 Å². The molecule has 1 amide bonds. The van der Waals surface area contributed by atoms with Gasteiger partial charge in [0.1, 0.15) is 5.75 Å². The Morgan fingerprint density at radius 1 is 1.21 bits per heavy atom. The third-order valence-electron chi connectivity index (χ3n) is 3.70. The predicted molar refractivity (Wildman–Crippen MR) is 115 cm³/mol. The number of benzene rings is 2. The minimum atomic E-state index is -0.0310. The van der Waals surface area contributed by atoms with Gasteiger partial charge in [-0.15, -0.1) is 10.2 Å². The number of carbonyl (C=O) groups excluding carboxylic acids is 1. The van der Waals surface area contributed by atoms with Gasteiger partial charge in [-0.3, -0.25) is 4.79 Å². The number of ether oxygens (including phenoxy) is 1. The highest BCUT2D eigenvalue weighted by Gasteiger charge is 2.09. The Bertz CT molecular complexity index is 918. The first-order chi connectivity index (χ1) is 13.6. The SMILES string of the molecule is COc1cccc(Nc2nnc(SCC(=O)NCCc3ccc(Cl)cc3)s2)c1. The Morgan fingerprint density at radius 2 is 2.04 bits per heavy atom. The van der Waals surface area contributed by atoms with Gasteiger partial charge in [-0.05, 0) is 36.2 Å². The summed E-state index contributed by atoms with van der Waals surface area (Å²) < 4.78 is 5.94. The molecule has 0 bridgehead atoms. The van der Waals surface area contributed by atoms with Gasteiger partial charge in [0.15, 0.2) is 4.34 Å². The standard InChI is InChI=1S/C19H19ClN4O2S2/c1-26-16-4-2-3-15(11-16)22-18-23-24-19(28-18)27-12-17(25)21-10-9-13-5-7-14(20)8-6-13/h2-8,11H,9-10,12H2,1H3,(H,21,25)(H,22,23). The van der Waals surface area contributed by atoms with Crippen LogP contribution in [0.4, 0.5) is 10.8 Å². The van der Waals surface area contributed by atoms with Gasteiger partial charge < -0.3 is 15.4 Å². The van der Waals surface area contributed by atoms with E-state index in [4.69, 9.17) is 16.3 Å². The number of amides is 1.